The Morgan fingerprint density at radius 1 is 1.12 bits per heavy atom. The standard InChI is InChI=1S/C21H39N5/c1-7-26(8-2)16-12-13-18(3)24-21(22-5)23-17-19(4)25(6)20-14-10-9-11-15-20/h9-11,14-15,18-19H,7-8,12-13,16-17H2,1-6H3,(H2,22,23,24). The normalized spacial score (nSPS) is 14.2. The Balaban J connectivity index is 2.35. The van der Waals surface area contributed by atoms with Crippen LogP contribution >= 0.6 is 0 Å². The maximum Gasteiger partial charge on any atom is 0.191 e. The molecule has 5 heteroatoms. The zero-order valence-corrected chi connectivity index (χ0v) is 17.6. The van der Waals surface area contributed by atoms with Gasteiger partial charge in [-0.2, -0.15) is 0 Å². The minimum Gasteiger partial charge on any atom is -0.370 e. The Labute approximate surface area is 160 Å². The molecule has 1 rings (SSSR count). The van der Waals surface area contributed by atoms with E-state index in [1.165, 1.54) is 18.7 Å². The fourth-order valence-electron chi connectivity index (χ4n) is 2.96. The lowest BCUT2D eigenvalue weighted by atomic mass is 10.2. The maximum atomic E-state index is 4.37. The third kappa shape index (κ3) is 8.09. The van der Waals surface area contributed by atoms with Crippen molar-refractivity contribution in [2.75, 3.05) is 45.2 Å². The summed E-state index contributed by atoms with van der Waals surface area (Å²) in [5.41, 5.74) is 1.23. The van der Waals surface area contributed by atoms with Gasteiger partial charge in [0.05, 0.1) is 0 Å². The number of likely N-dealkylation sites (N-methyl/N-ethyl adjacent to an activating group) is 1. The number of hydrogen-bond acceptors (Lipinski definition) is 3. The summed E-state index contributed by atoms with van der Waals surface area (Å²) >= 11 is 0. The van der Waals surface area contributed by atoms with E-state index in [1.807, 2.05) is 13.1 Å². The highest BCUT2D eigenvalue weighted by molar-refractivity contribution is 5.80. The van der Waals surface area contributed by atoms with E-state index in [-0.39, 0.29) is 0 Å². The molecule has 2 unspecified atom stereocenters. The number of hydrogen-bond donors (Lipinski definition) is 2. The number of guanidine groups is 1. The molecule has 0 bridgehead atoms. The zero-order chi connectivity index (χ0) is 19.4. The molecular formula is C21H39N5. The van der Waals surface area contributed by atoms with Crippen LogP contribution in [0.15, 0.2) is 35.3 Å². The van der Waals surface area contributed by atoms with E-state index in [2.05, 4.69) is 84.4 Å². The van der Waals surface area contributed by atoms with Gasteiger partial charge in [-0.3, -0.25) is 4.99 Å². The Morgan fingerprint density at radius 3 is 2.35 bits per heavy atom. The summed E-state index contributed by atoms with van der Waals surface area (Å²) in [6.45, 7) is 13.2. The highest BCUT2D eigenvalue weighted by Gasteiger charge is 2.11. The van der Waals surface area contributed by atoms with Gasteiger partial charge < -0.3 is 20.4 Å². The van der Waals surface area contributed by atoms with E-state index in [1.54, 1.807) is 0 Å². The molecule has 2 atom stereocenters. The van der Waals surface area contributed by atoms with Crippen molar-refractivity contribution >= 4 is 11.6 Å². The largest absolute Gasteiger partial charge is 0.370 e. The predicted molar refractivity (Wildman–Crippen MR) is 115 cm³/mol. The number of rotatable bonds is 11. The molecule has 5 nitrogen and oxygen atoms in total. The van der Waals surface area contributed by atoms with Crippen LogP contribution in [0, 0.1) is 0 Å². The Kier molecular flexibility index (Phi) is 10.8. The molecule has 0 aliphatic rings. The molecule has 0 saturated carbocycles. The van der Waals surface area contributed by atoms with E-state index in [0.29, 0.717) is 12.1 Å². The van der Waals surface area contributed by atoms with Crippen molar-refractivity contribution in [2.24, 2.45) is 4.99 Å². The van der Waals surface area contributed by atoms with E-state index in [9.17, 15) is 0 Å². The number of nitrogens with one attached hydrogen (secondary N) is 2. The molecule has 0 aliphatic heterocycles. The van der Waals surface area contributed by atoms with Gasteiger partial charge in [0.15, 0.2) is 5.96 Å². The molecule has 0 radical (unpaired) electrons. The quantitative estimate of drug-likeness (QED) is 0.469. The fourth-order valence-corrected chi connectivity index (χ4v) is 2.96. The molecule has 0 saturated heterocycles. The van der Waals surface area contributed by atoms with Crippen LogP contribution in [0.1, 0.15) is 40.5 Å². The third-order valence-electron chi connectivity index (χ3n) is 5.00. The molecular weight excluding hydrogens is 322 g/mol. The van der Waals surface area contributed by atoms with Crippen molar-refractivity contribution in [3.8, 4) is 0 Å². The van der Waals surface area contributed by atoms with Gasteiger partial charge >= 0.3 is 0 Å². The first-order valence-electron chi connectivity index (χ1n) is 9.99. The second-order valence-corrected chi connectivity index (χ2v) is 6.96. The second-order valence-electron chi connectivity index (χ2n) is 6.96. The number of nitrogens with zero attached hydrogens (tertiary/aromatic N) is 3. The van der Waals surface area contributed by atoms with Crippen LogP contribution < -0.4 is 15.5 Å². The zero-order valence-electron chi connectivity index (χ0n) is 17.6. The lowest BCUT2D eigenvalue weighted by Crippen LogP contribution is -2.47. The van der Waals surface area contributed by atoms with Gasteiger partial charge in [-0.1, -0.05) is 32.0 Å². The molecule has 0 aromatic heterocycles. The number of para-hydroxylation sites is 1. The summed E-state index contributed by atoms with van der Waals surface area (Å²) in [5, 5.41) is 6.97. The monoisotopic (exact) mass is 361 g/mol. The highest BCUT2D eigenvalue weighted by atomic mass is 15.2. The van der Waals surface area contributed by atoms with E-state index >= 15 is 0 Å². The van der Waals surface area contributed by atoms with Gasteiger partial charge in [0, 0.05) is 38.4 Å². The summed E-state index contributed by atoms with van der Waals surface area (Å²) in [4.78, 5) is 9.13. The Bertz CT molecular complexity index is 498. The van der Waals surface area contributed by atoms with Crippen LogP contribution in [-0.2, 0) is 0 Å². The average Bonchev–Trinajstić information content (AvgIpc) is 2.68. The Hall–Kier alpha value is -1.75. The van der Waals surface area contributed by atoms with E-state index in [0.717, 1.165) is 32.0 Å². The van der Waals surface area contributed by atoms with Crippen molar-refractivity contribution < 1.29 is 0 Å². The summed E-state index contributed by atoms with van der Waals surface area (Å²) in [7, 11) is 3.97. The van der Waals surface area contributed by atoms with E-state index < -0.39 is 0 Å². The third-order valence-corrected chi connectivity index (χ3v) is 5.00. The van der Waals surface area contributed by atoms with Crippen molar-refractivity contribution in [1.82, 2.24) is 15.5 Å². The minimum absolute atomic E-state index is 0.369. The summed E-state index contributed by atoms with van der Waals surface area (Å²) in [6.07, 6.45) is 2.36. The number of anilines is 1. The predicted octanol–water partition coefficient (Wildman–Crippen LogP) is 3.19. The SMILES string of the molecule is CCN(CC)CCCC(C)NC(=NC)NCC(C)N(C)c1ccccc1. The molecule has 148 valence electrons. The van der Waals surface area contributed by atoms with Crippen molar-refractivity contribution in [3.63, 3.8) is 0 Å². The van der Waals surface area contributed by atoms with Gasteiger partial charge in [-0.25, -0.2) is 0 Å². The highest BCUT2D eigenvalue weighted by Crippen LogP contribution is 2.13. The molecule has 1 aromatic carbocycles. The maximum absolute atomic E-state index is 4.37. The molecule has 0 fully saturated rings. The van der Waals surface area contributed by atoms with Crippen molar-refractivity contribution in [1.29, 1.82) is 0 Å². The lowest BCUT2D eigenvalue weighted by molar-refractivity contribution is 0.292. The Morgan fingerprint density at radius 2 is 1.77 bits per heavy atom. The van der Waals surface area contributed by atoms with Gasteiger partial charge in [-0.15, -0.1) is 0 Å². The first-order chi connectivity index (χ1) is 12.5. The topological polar surface area (TPSA) is 42.9 Å². The summed E-state index contributed by atoms with van der Waals surface area (Å²) in [6, 6.07) is 11.3. The molecule has 1 aromatic rings. The molecule has 0 heterocycles. The summed E-state index contributed by atoms with van der Waals surface area (Å²) < 4.78 is 0. The van der Waals surface area contributed by atoms with Crippen LogP contribution in [-0.4, -0.2) is 63.2 Å². The number of benzene rings is 1. The van der Waals surface area contributed by atoms with Crippen LogP contribution in [0.3, 0.4) is 0 Å². The summed E-state index contributed by atoms with van der Waals surface area (Å²) in [5.74, 6) is 0.883. The lowest BCUT2D eigenvalue weighted by Gasteiger charge is -2.28. The molecule has 26 heavy (non-hydrogen) atoms. The van der Waals surface area contributed by atoms with Gasteiger partial charge in [-0.05, 0) is 58.5 Å². The van der Waals surface area contributed by atoms with Gasteiger partial charge in [0.2, 0.25) is 0 Å². The second kappa shape index (κ2) is 12.6. The van der Waals surface area contributed by atoms with Gasteiger partial charge in [0.1, 0.15) is 0 Å². The van der Waals surface area contributed by atoms with Crippen LogP contribution in [0.4, 0.5) is 5.69 Å². The first-order valence-corrected chi connectivity index (χ1v) is 9.99. The minimum atomic E-state index is 0.369. The smallest absolute Gasteiger partial charge is 0.191 e. The van der Waals surface area contributed by atoms with Crippen molar-refractivity contribution in [3.05, 3.63) is 30.3 Å². The molecule has 2 N–H and O–H groups in total. The van der Waals surface area contributed by atoms with Crippen LogP contribution in [0.2, 0.25) is 0 Å². The average molecular weight is 362 g/mol. The molecule has 0 spiro atoms. The van der Waals surface area contributed by atoms with Gasteiger partial charge in [0.25, 0.3) is 0 Å². The van der Waals surface area contributed by atoms with Crippen LogP contribution in [0.25, 0.3) is 0 Å². The van der Waals surface area contributed by atoms with E-state index in [4.69, 9.17) is 0 Å². The van der Waals surface area contributed by atoms with Crippen LogP contribution in [0.5, 0.6) is 0 Å². The first kappa shape index (κ1) is 22.3. The van der Waals surface area contributed by atoms with Crippen molar-refractivity contribution in [2.45, 2.75) is 52.6 Å². The number of aliphatic imine (C=N–C) groups is 1. The molecule has 0 aliphatic carbocycles. The fraction of sp³-hybridized carbons (Fsp3) is 0.667. The molecule has 0 amide bonds.